The predicted molar refractivity (Wildman–Crippen MR) is 63.0 cm³/mol. The van der Waals surface area contributed by atoms with Crippen molar-refractivity contribution in [1.82, 2.24) is 4.98 Å². The number of fused-ring (bicyclic) bond motifs is 1. The zero-order chi connectivity index (χ0) is 11.4. The molecule has 16 heavy (non-hydrogen) atoms. The maximum Gasteiger partial charge on any atom is 0.226 e. The van der Waals surface area contributed by atoms with Gasteiger partial charge in [0.25, 0.3) is 0 Å². The van der Waals surface area contributed by atoms with Gasteiger partial charge in [-0.25, -0.2) is 4.98 Å². The summed E-state index contributed by atoms with van der Waals surface area (Å²) in [6.07, 6.45) is 6.06. The lowest BCUT2D eigenvalue weighted by Crippen LogP contribution is -1.82. The van der Waals surface area contributed by atoms with Crippen LogP contribution in [0, 0.1) is 0 Å². The maximum atomic E-state index is 10.8. The lowest BCUT2D eigenvalue weighted by molar-refractivity contribution is -0.105. The zero-order valence-electron chi connectivity index (χ0n) is 9.14. The van der Waals surface area contributed by atoms with Crippen LogP contribution in [0.2, 0.25) is 0 Å². The summed E-state index contributed by atoms with van der Waals surface area (Å²) in [4.78, 5) is 14.9. The normalized spacial score (nSPS) is 11.9. The molecule has 0 atom stereocenters. The molecule has 3 nitrogen and oxygen atoms in total. The van der Waals surface area contributed by atoms with Gasteiger partial charge in [-0.05, 0) is 36.3 Å². The van der Waals surface area contributed by atoms with Crippen molar-refractivity contribution in [2.75, 3.05) is 0 Å². The summed E-state index contributed by atoms with van der Waals surface area (Å²) < 4.78 is 5.50. The van der Waals surface area contributed by atoms with Crippen LogP contribution in [0.1, 0.15) is 25.5 Å². The van der Waals surface area contributed by atoms with E-state index in [9.17, 15) is 4.79 Å². The molecule has 0 amide bonds. The lowest BCUT2D eigenvalue weighted by Gasteiger charge is -1.93. The largest absolute Gasteiger partial charge is 0.438 e. The number of allylic oxidation sites excluding steroid dienone is 1. The smallest absolute Gasteiger partial charge is 0.226 e. The minimum atomic E-state index is 0.607. The first-order valence-corrected chi connectivity index (χ1v) is 5.34. The van der Waals surface area contributed by atoms with Crippen LogP contribution in [-0.4, -0.2) is 11.3 Å². The van der Waals surface area contributed by atoms with Gasteiger partial charge in [-0.2, -0.15) is 0 Å². The van der Waals surface area contributed by atoms with Crippen molar-refractivity contribution in [2.24, 2.45) is 0 Å². The number of hydrogen-bond donors (Lipinski definition) is 0. The third-order valence-corrected chi connectivity index (χ3v) is 2.33. The van der Waals surface area contributed by atoms with E-state index < -0.39 is 0 Å². The average Bonchev–Trinajstić information content (AvgIpc) is 2.70. The molecule has 0 saturated carbocycles. The summed E-state index contributed by atoms with van der Waals surface area (Å²) in [5.41, 5.74) is 1.36. The monoisotopic (exact) mass is 215 g/mol. The van der Waals surface area contributed by atoms with E-state index in [1.807, 2.05) is 25.1 Å². The molecule has 0 aliphatic heterocycles. The average molecular weight is 215 g/mol. The number of rotatable bonds is 4. The van der Waals surface area contributed by atoms with E-state index in [4.69, 9.17) is 4.42 Å². The van der Waals surface area contributed by atoms with Crippen LogP contribution in [-0.2, 0) is 4.79 Å². The highest BCUT2D eigenvalue weighted by Crippen LogP contribution is 2.19. The Labute approximate surface area is 93.8 Å². The summed E-state index contributed by atoms with van der Waals surface area (Å²) in [5, 5.41) is 0.954. The van der Waals surface area contributed by atoms with Gasteiger partial charge in [0.1, 0.15) is 12.0 Å². The number of nitrogens with zero attached hydrogens (tertiary/aromatic N) is 1. The molecule has 0 bridgehead atoms. The SMILES string of the molecule is CCC/C(C=O)=C\c1cc2cccnc2o1. The molecule has 0 aliphatic carbocycles. The Kier molecular flexibility index (Phi) is 3.15. The Morgan fingerprint density at radius 1 is 1.56 bits per heavy atom. The van der Waals surface area contributed by atoms with E-state index in [0.717, 1.165) is 30.1 Å². The number of furan rings is 1. The number of aldehydes is 1. The Morgan fingerprint density at radius 3 is 3.12 bits per heavy atom. The second-order valence-corrected chi connectivity index (χ2v) is 3.63. The Morgan fingerprint density at radius 2 is 2.44 bits per heavy atom. The standard InChI is InChI=1S/C13H13NO2/c1-2-4-10(9-15)7-12-8-11-5-3-6-14-13(11)16-12/h3,5-9H,2,4H2,1H3/b10-7+. The highest BCUT2D eigenvalue weighted by atomic mass is 16.3. The highest BCUT2D eigenvalue weighted by molar-refractivity contribution is 5.83. The molecular weight excluding hydrogens is 202 g/mol. The molecule has 0 fully saturated rings. The molecule has 2 aromatic heterocycles. The Balaban J connectivity index is 2.36. The van der Waals surface area contributed by atoms with Crippen LogP contribution in [0.4, 0.5) is 0 Å². The number of aromatic nitrogens is 1. The van der Waals surface area contributed by atoms with Crippen LogP contribution >= 0.6 is 0 Å². The summed E-state index contributed by atoms with van der Waals surface area (Å²) >= 11 is 0. The third-order valence-electron chi connectivity index (χ3n) is 2.33. The molecule has 2 heterocycles. The van der Waals surface area contributed by atoms with Gasteiger partial charge in [0.2, 0.25) is 5.71 Å². The molecular formula is C13H13NO2. The molecule has 2 rings (SSSR count). The van der Waals surface area contributed by atoms with Crippen LogP contribution < -0.4 is 0 Å². The van der Waals surface area contributed by atoms with E-state index in [1.165, 1.54) is 0 Å². The van der Waals surface area contributed by atoms with Gasteiger partial charge in [-0.1, -0.05) is 13.3 Å². The fourth-order valence-corrected chi connectivity index (χ4v) is 1.60. The summed E-state index contributed by atoms with van der Waals surface area (Å²) in [5.74, 6) is 0.684. The van der Waals surface area contributed by atoms with Crippen molar-refractivity contribution < 1.29 is 9.21 Å². The van der Waals surface area contributed by atoms with E-state index in [-0.39, 0.29) is 0 Å². The van der Waals surface area contributed by atoms with Crippen LogP contribution in [0.3, 0.4) is 0 Å². The van der Waals surface area contributed by atoms with E-state index in [2.05, 4.69) is 4.98 Å². The Bertz CT molecular complexity index is 492. The summed E-state index contributed by atoms with van der Waals surface area (Å²) in [6, 6.07) is 5.68. The second-order valence-electron chi connectivity index (χ2n) is 3.63. The molecule has 0 N–H and O–H groups in total. The van der Waals surface area contributed by atoms with Crippen molar-refractivity contribution in [3.05, 3.63) is 35.7 Å². The van der Waals surface area contributed by atoms with Crippen molar-refractivity contribution in [2.45, 2.75) is 19.8 Å². The van der Waals surface area contributed by atoms with Gasteiger partial charge in [-0.3, -0.25) is 4.79 Å². The quantitative estimate of drug-likeness (QED) is 0.581. The van der Waals surface area contributed by atoms with Gasteiger partial charge in [-0.15, -0.1) is 0 Å². The molecule has 0 radical (unpaired) electrons. The third kappa shape index (κ3) is 2.19. The van der Waals surface area contributed by atoms with Crippen LogP contribution in [0.25, 0.3) is 17.2 Å². The van der Waals surface area contributed by atoms with Crippen molar-refractivity contribution in [3.8, 4) is 0 Å². The van der Waals surface area contributed by atoms with Gasteiger partial charge in [0, 0.05) is 11.6 Å². The molecule has 0 spiro atoms. The first kappa shape index (κ1) is 10.6. The molecule has 3 heteroatoms. The number of carbonyl (C=O) groups excluding carboxylic acids is 1. The fraction of sp³-hybridized carbons (Fsp3) is 0.231. The van der Waals surface area contributed by atoms with Crippen molar-refractivity contribution >= 4 is 23.5 Å². The van der Waals surface area contributed by atoms with E-state index in [1.54, 1.807) is 12.3 Å². The molecule has 82 valence electrons. The molecule has 0 saturated heterocycles. The van der Waals surface area contributed by atoms with Gasteiger partial charge >= 0.3 is 0 Å². The first-order valence-electron chi connectivity index (χ1n) is 5.34. The fourth-order valence-electron chi connectivity index (χ4n) is 1.60. The maximum absolute atomic E-state index is 10.8. The molecule has 0 unspecified atom stereocenters. The minimum absolute atomic E-state index is 0.607. The Hall–Kier alpha value is -1.90. The molecule has 2 aromatic rings. The van der Waals surface area contributed by atoms with Gasteiger partial charge in [0.15, 0.2) is 0 Å². The van der Waals surface area contributed by atoms with Crippen molar-refractivity contribution in [1.29, 1.82) is 0 Å². The topological polar surface area (TPSA) is 43.1 Å². The number of hydrogen-bond acceptors (Lipinski definition) is 3. The summed E-state index contributed by atoms with van der Waals surface area (Å²) in [6.45, 7) is 2.04. The first-order chi connectivity index (χ1) is 7.83. The van der Waals surface area contributed by atoms with E-state index >= 15 is 0 Å². The lowest BCUT2D eigenvalue weighted by atomic mass is 10.1. The molecule has 0 aliphatic rings. The number of carbonyl (C=O) groups is 1. The number of pyridine rings is 1. The van der Waals surface area contributed by atoms with Gasteiger partial charge < -0.3 is 4.42 Å². The predicted octanol–water partition coefficient (Wildman–Crippen LogP) is 3.21. The van der Waals surface area contributed by atoms with Crippen molar-refractivity contribution in [3.63, 3.8) is 0 Å². The zero-order valence-corrected chi connectivity index (χ0v) is 9.14. The highest BCUT2D eigenvalue weighted by Gasteiger charge is 2.02. The van der Waals surface area contributed by atoms with Crippen LogP contribution in [0.5, 0.6) is 0 Å². The van der Waals surface area contributed by atoms with Crippen LogP contribution in [0.15, 0.2) is 34.4 Å². The summed E-state index contributed by atoms with van der Waals surface area (Å²) in [7, 11) is 0. The second kappa shape index (κ2) is 4.75. The van der Waals surface area contributed by atoms with E-state index in [0.29, 0.717) is 11.5 Å². The minimum Gasteiger partial charge on any atom is -0.438 e. The van der Waals surface area contributed by atoms with Gasteiger partial charge in [0.05, 0.1) is 0 Å². The molecule has 0 aromatic carbocycles.